The number of amides is 3. The molecule has 0 radical (unpaired) electrons. The van der Waals surface area contributed by atoms with Crippen LogP contribution in [0.4, 0.5) is 0 Å². The molecule has 0 aliphatic carbocycles. The predicted molar refractivity (Wildman–Crippen MR) is 127 cm³/mol. The van der Waals surface area contributed by atoms with Crippen LogP contribution in [-0.2, 0) is 34.0 Å². The molecule has 36 heavy (non-hydrogen) atoms. The first-order chi connectivity index (χ1) is 16.9. The minimum absolute atomic E-state index is 0.359. The zero-order chi connectivity index (χ0) is 27.4. The first-order valence-electron chi connectivity index (χ1n) is 10.6. The predicted octanol–water partition coefficient (Wildman–Crippen LogP) is -4.84. The highest BCUT2D eigenvalue weighted by atomic mass is 16.3. The Morgan fingerprint density at radius 1 is 0.611 bits per heavy atom. The van der Waals surface area contributed by atoms with Gasteiger partial charge in [0.1, 0.15) is 0 Å². The summed E-state index contributed by atoms with van der Waals surface area (Å²) in [6.07, 6.45) is -1.46. The van der Waals surface area contributed by atoms with Crippen molar-refractivity contribution in [2.75, 3.05) is 19.6 Å². The maximum absolute atomic E-state index is 12.9. The summed E-state index contributed by atoms with van der Waals surface area (Å²) in [4.78, 5) is 72.7. The van der Waals surface area contributed by atoms with Crippen molar-refractivity contribution in [2.24, 2.45) is 0 Å². The average Bonchev–Trinajstić information content (AvgIpc) is 2.86. The summed E-state index contributed by atoms with van der Waals surface area (Å²) in [6.45, 7) is 6.72. The molecule has 1 aromatic heterocycles. The second-order valence-electron chi connectivity index (χ2n) is 7.49. The van der Waals surface area contributed by atoms with E-state index in [2.05, 4.69) is 35.7 Å². The minimum atomic E-state index is -1.44. The van der Waals surface area contributed by atoms with Crippen LogP contribution in [0.5, 0.6) is 0 Å². The van der Waals surface area contributed by atoms with Gasteiger partial charge >= 0.3 is 17.1 Å². The van der Waals surface area contributed by atoms with Crippen LogP contribution >= 0.6 is 0 Å². The molecule has 1 aromatic rings. The summed E-state index contributed by atoms with van der Waals surface area (Å²) in [6, 6.07) is 0. The third-order valence-corrected chi connectivity index (χ3v) is 4.66. The van der Waals surface area contributed by atoms with Crippen molar-refractivity contribution in [1.82, 2.24) is 29.7 Å². The molecule has 3 atom stereocenters. The van der Waals surface area contributed by atoms with Gasteiger partial charge < -0.3 is 31.3 Å². The molecule has 1 heterocycles. The van der Waals surface area contributed by atoms with E-state index in [1.165, 1.54) is 0 Å². The van der Waals surface area contributed by atoms with Crippen molar-refractivity contribution in [1.29, 1.82) is 0 Å². The van der Waals surface area contributed by atoms with Crippen molar-refractivity contribution in [3.63, 3.8) is 0 Å². The minimum Gasteiger partial charge on any atom is -0.389 e. The zero-order valence-corrected chi connectivity index (χ0v) is 19.5. The summed E-state index contributed by atoms with van der Waals surface area (Å²) in [7, 11) is 0. The normalized spacial score (nSPS) is 13.1. The van der Waals surface area contributed by atoms with E-state index < -0.39 is 72.7 Å². The van der Waals surface area contributed by atoms with Gasteiger partial charge in [-0.2, -0.15) is 0 Å². The average molecular weight is 511 g/mol. The smallest absolute Gasteiger partial charge is 0.336 e. The van der Waals surface area contributed by atoms with Crippen LogP contribution in [0, 0.1) is 0 Å². The highest BCUT2D eigenvalue weighted by molar-refractivity contribution is 5.87. The van der Waals surface area contributed by atoms with Crippen molar-refractivity contribution < 1.29 is 29.7 Å². The molecule has 1 rings (SSSR count). The Balaban J connectivity index is 3.36. The number of aliphatic hydroxyl groups excluding tert-OH is 3. The largest absolute Gasteiger partial charge is 0.389 e. The standard InChI is InChI=1S/C21H30N6O9/c1-4-16(31)22-7-13(28)10-25-19(34)26(11-14(29)8-23-17(32)5-2)21(36)27(20(25)35)12-15(30)9-24-18(33)6-3/h4-6,13-15,28-30H,1-3,7-12H2,(H,22,31)(H,23,32)(H,24,33). The lowest BCUT2D eigenvalue weighted by molar-refractivity contribution is -0.117. The fourth-order valence-corrected chi connectivity index (χ4v) is 2.85. The zero-order valence-electron chi connectivity index (χ0n) is 19.5. The highest BCUT2D eigenvalue weighted by Crippen LogP contribution is 1.91. The molecule has 0 aliphatic rings. The lowest BCUT2D eigenvalue weighted by atomic mass is 10.3. The van der Waals surface area contributed by atoms with E-state index in [0.29, 0.717) is 13.7 Å². The molecule has 0 saturated carbocycles. The molecule has 0 fully saturated rings. The summed E-state index contributed by atoms with van der Waals surface area (Å²) in [5.41, 5.74) is -3.54. The van der Waals surface area contributed by atoms with Gasteiger partial charge in [0.05, 0.1) is 37.9 Å². The van der Waals surface area contributed by atoms with Gasteiger partial charge in [0.2, 0.25) is 17.7 Å². The third kappa shape index (κ3) is 8.94. The first-order valence-corrected chi connectivity index (χ1v) is 10.6. The SMILES string of the molecule is C=CC(=O)NCC(O)Cn1c(=O)n(CC(O)CNC(=O)C=C)c(=O)n(CC(O)CNC(=O)C=C)c1=O. The van der Waals surface area contributed by atoms with Gasteiger partial charge in [-0.3, -0.25) is 14.4 Å². The molecule has 0 bridgehead atoms. The van der Waals surface area contributed by atoms with Crippen LogP contribution in [0.25, 0.3) is 0 Å². The fraction of sp³-hybridized carbons (Fsp3) is 0.429. The number of nitrogens with zero attached hydrogens (tertiary/aromatic N) is 3. The van der Waals surface area contributed by atoms with E-state index in [1.54, 1.807) is 0 Å². The van der Waals surface area contributed by atoms with Crippen LogP contribution in [0.15, 0.2) is 52.3 Å². The molecule has 3 amide bonds. The number of hydrogen-bond acceptors (Lipinski definition) is 9. The first kappa shape index (κ1) is 30.0. The molecule has 15 heteroatoms. The van der Waals surface area contributed by atoms with Gasteiger partial charge in [-0.1, -0.05) is 19.7 Å². The van der Waals surface area contributed by atoms with E-state index in [9.17, 15) is 44.1 Å². The van der Waals surface area contributed by atoms with E-state index in [0.717, 1.165) is 18.2 Å². The maximum atomic E-state index is 12.9. The molecule has 0 aromatic carbocycles. The second-order valence-corrected chi connectivity index (χ2v) is 7.49. The number of hydrogen-bond donors (Lipinski definition) is 6. The van der Waals surface area contributed by atoms with E-state index in [4.69, 9.17) is 0 Å². The maximum Gasteiger partial charge on any atom is 0.336 e. The monoisotopic (exact) mass is 510 g/mol. The van der Waals surface area contributed by atoms with E-state index >= 15 is 0 Å². The lowest BCUT2D eigenvalue weighted by Gasteiger charge is -2.19. The Bertz CT molecular complexity index is 993. The molecule has 6 N–H and O–H groups in total. The summed E-state index contributed by atoms with van der Waals surface area (Å²) >= 11 is 0. The van der Waals surface area contributed by atoms with Crippen molar-refractivity contribution in [3.05, 3.63) is 69.4 Å². The molecule has 15 nitrogen and oxygen atoms in total. The van der Waals surface area contributed by atoms with Gasteiger partial charge in [0.25, 0.3) is 0 Å². The van der Waals surface area contributed by atoms with Gasteiger partial charge in [0.15, 0.2) is 0 Å². The number of aromatic nitrogens is 3. The van der Waals surface area contributed by atoms with Gasteiger partial charge in [0, 0.05) is 19.6 Å². The number of carbonyl (C=O) groups is 3. The molecular weight excluding hydrogens is 480 g/mol. The summed E-state index contributed by atoms with van der Waals surface area (Å²) in [5, 5.41) is 37.5. The molecule has 3 unspecified atom stereocenters. The number of carbonyl (C=O) groups excluding carboxylic acids is 3. The Morgan fingerprint density at radius 3 is 1.03 bits per heavy atom. The Hall–Kier alpha value is -4.08. The molecule has 0 aliphatic heterocycles. The Morgan fingerprint density at radius 2 is 0.833 bits per heavy atom. The van der Waals surface area contributed by atoms with Gasteiger partial charge in [-0.25, -0.2) is 28.1 Å². The number of rotatable bonds is 15. The van der Waals surface area contributed by atoms with Crippen LogP contribution in [0.2, 0.25) is 0 Å². The van der Waals surface area contributed by atoms with Crippen molar-refractivity contribution in [2.45, 2.75) is 37.9 Å². The van der Waals surface area contributed by atoms with Crippen LogP contribution < -0.4 is 33.0 Å². The Labute approximate surface area is 204 Å². The molecule has 198 valence electrons. The van der Waals surface area contributed by atoms with Gasteiger partial charge in [-0.05, 0) is 18.2 Å². The van der Waals surface area contributed by atoms with E-state index in [1.807, 2.05) is 0 Å². The number of nitrogens with one attached hydrogen (secondary N) is 3. The van der Waals surface area contributed by atoms with Crippen LogP contribution in [0.3, 0.4) is 0 Å². The Kier molecular flexibility index (Phi) is 11.9. The van der Waals surface area contributed by atoms with Crippen LogP contribution in [-0.4, -0.2) is 84.7 Å². The second kappa shape index (κ2) is 14.3. The van der Waals surface area contributed by atoms with Crippen LogP contribution in [0.1, 0.15) is 0 Å². The quantitative estimate of drug-likeness (QED) is 0.125. The summed E-state index contributed by atoms with van der Waals surface area (Å²) < 4.78 is 1.49. The topological polar surface area (TPSA) is 214 Å². The van der Waals surface area contributed by atoms with Gasteiger partial charge in [-0.15, -0.1) is 0 Å². The van der Waals surface area contributed by atoms with Crippen molar-refractivity contribution in [3.8, 4) is 0 Å². The summed E-state index contributed by atoms with van der Waals surface area (Å²) in [5.74, 6) is -1.84. The fourth-order valence-electron chi connectivity index (χ4n) is 2.85. The van der Waals surface area contributed by atoms with E-state index in [-0.39, 0.29) is 19.6 Å². The molecular formula is C21H30N6O9. The highest BCUT2D eigenvalue weighted by Gasteiger charge is 2.21. The lowest BCUT2D eigenvalue weighted by Crippen LogP contribution is -2.58. The molecule has 0 saturated heterocycles. The van der Waals surface area contributed by atoms with Crippen molar-refractivity contribution >= 4 is 17.7 Å². The molecule has 0 spiro atoms. The number of aliphatic hydroxyl groups is 3. The third-order valence-electron chi connectivity index (χ3n) is 4.66.